The topological polar surface area (TPSA) is 65.0 Å². The van der Waals surface area contributed by atoms with E-state index in [2.05, 4.69) is 0 Å². The van der Waals surface area contributed by atoms with Crippen LogP contribution in [0.15, 0.2) is 18.2 Å². The molecular weight excluding hydrogens is 255 g/mol. The van der Waals surface area contributed by atoms with Gasteiger partial charge < -0.3 is 19.3 Å². The van der Waals surface area contributed by atoms with Crippen LogP contribution in [-0.2, 0) is 9.47 Å². The maximum atomic E-state index is 13.4. The number of rotatable bonds is 9. The summed E-state index contributed by atoms with van der Waals surface area (Å²) in [6.45, 7) is 0.799. The molecule has 1 rings (SSSR count). The standard InChI is InChI=1S/C13H17FO5/c1-17-4-5-18-8-11(16)9-19-13-3-2-10(7-15)6-12(13)14/h2-3,6-7,11,16H,4-5,8-9H2,1H3. The molecule has 0 aliphatic carbocycles. The zero-order chi connectivity index (χ0) is 14.1. The minimum atomic E-state index is -0.859. The van der Waals surface area contributed by atoms with Gasteiger partial charge in [0.1, 0.15) is 19.0 Å². The van der Waals surface area contributed by atoms with E-state index in [-0.39, 0.29) is 24.5 Å². The minimum Gasteiger partial charge on any atom is -0.488 e. The Balaban J connectivity index is 2.33. The maximum absolute atomic E-state index is 13.4. The van der Waals surface area contributed by atoms with Crippen LogP contribution in [0.4, 0.5) is 4.39 Å². The molecule has 0 aromatic heterocycles. The molecule has 0 saturated heterocycles. The number of aliphatic hydroxyl groups excluding tert-OH is 1. The fourth-order valence-corrected chi connectivity index (χ4v) is 1.30. The van der Waals surface area contributed by atoms with Crippen molar-refractivity contribution in [2.24, 2.45) is 0 Å². The van der Waals surface area contributed by atoms with Gasteiger partial charge >= 0.3 is 0 Å². The van der Waals surface area contributed by atoms with E-state index < -0.39 is 11.9 Å². The van der Waals surface area contributed by atoms with Gasteiger partial charge in [-0.2, -0.15) is 0 Å². The summed E-state index contributed by atoms with van der Waals surface area (Å²) in [7, 11) is 1.55. The van der Waals surface area contributed by atoms with Gasteiger partial charge in [-0.25, -0.2) is 4.39 Å². The highest BCUT2D eigenvalue weighted by molar-refractivity contribution is 5.74. The lowest BCUT2D eigenvalue weighted by molar-refractivity contribution is -0.00469. The second-order valence-electron chi connectivity index (χ2n) is 3.84. The Bertz CT molecular complexity index is 397. The maximum Gasteiger partial charge on any atom is 0.165 e. The van der Waals surface area contributed by atoms with E-state index >= 15 is 0 Å². The van der Waals surface area contributed by atoms with Crippen LogP contribution in [0.3, 0.4) is 0 Å². The number of aliphatic hydroxyl groups is 1. The monoisotopic (exact) mass is 272 g/mol. The average Bonchev–Trinajstić information content (AvgIpc) is 2.42. The molecule has 6 heteroatoms. The zero-order valence-corrected chi connectivity index (χ0v) is 10.7. The predicted octanol–water partition coefficient (Wildman–Crippen LogP) is 1.04. The highest BCUT2D eigenvalue weighted by atomic mass is 19.1. The van der Waals surface area contributed by atoms with Gasteiger partial charge in [0, 0.05) is 12.7 Å². The van der Waals surface area contributed by atoms with Crippen LogP contribution in [0.2, 0.25) is 0 Å². The van der Waals surface area contributed by atoms with Crippen molar-refractivity contribution in [3.05, 3.63) is 29.6 Å². The Morgan fingerprint density at radius 3 is 2.79 bits per heavy atom. The molecule has 0 saturated carbocycles. The molecule has 106 valence electrons. The summed E-state index contributed by atoms with van der Waals surface area (Å²) in [6.07, 6.45) is -0.312. The molecule has 0 heterocycles. The van der Waals surface area contributed by atoms with E-state index in [1.54, 1.807) is 7.11 Å². The van der Waals surface area contributed by atoms with Gasteiger partial charge in [-0.1, -0.05) is 0 Å². The highest BCUT2D eigenvalue weighted by Crippen LogP contribution is 2.17. The third-order valence-electron chi connectivity index (χ3n) is 2.27. The van der Waals surface area contributed by atoms with Crippen LogP contribution in [0, 0.1) is 5.82 Å². The van der Waals surface area contributed by atoms with Gasteiger partial charge in [-0.3, -0.25) is 4.79 Å². The summed E-state index contributed by atoms with van der Waals surface area (Å²) in [5.74, 6) is -0.654. The van der Waals surface area contributed by atoms with Crippen LogP contribution in [0.1, 0.15) is 10.4 Å². The van der Waals surface area contributed by atoms with E-state index in [4.69, 9.17) is 14.2 Å². The van der Waals surface area contributed by atoms with E-state index in [1.165, 1.54) is 12.1 Å². The van der Waals surface area contributed by atoms with E-state index in [1.807, 2.05) is 0 Å². The quantitative estimate of drug-likeness (QED) is 0.537. The third-order valence-corrected chi connectivity index (χ3v) is 2.27. The normalized spacial score (nSPS) is 12.2. The number of carbonyl (C=O) groups excluding carboxylic acids is 1. The fourth-order valence-electron chi connectivity index (χ4n) is 1.30. The molecule has 0 aliphatic rings. The number of carbonyl (C=O) groups is 1. The SMILES string of the molecule is COCCOCC(O)COc1ccc(C=O)cc1F. The van der Waals surface area contributed by atoms with Crippen molar-refractivity contribution in [2.75, 3.05) is 33.5 Å². The first-order chi connectivity index (χ1) is 9.17. The first-order valence-electron chi connectivity index (χ1n) is 5.79. The minimum absolute atomic E-state index is 0.0125. The number of hydrogen-bond acceptors (Lipinski definition) is 5. The lowest BCUT2D eigenvalue weighted by Gasteiger charge is -2.13. The van der Waals surface area contributed by atoms with Crippen molar-refractivity contribution in [3.8, 4) is 5.75 Å². The van der Waals surface area contributed by atoms with Gasteiger partial charge in [0.05, 0.1) is 19.8 Å². The van der Waals surface area contributed by atoms with Crippen molar-refractivity contribution < 1.29 is 28.5 Å². The smallest absolute Gasteiger partial charge is 0.165 e. The van der Waals surface area contributed by atoms with Crippen LogP contribution in [-0.4, -0.2) is 51.0 Å². The number of methoxy groups -OCH3 is 1. The van der Waals surface area contributed by atoms with Crippen molar-refractivity contribution >= 4 is 6.29 Å². The second-order valence-corrected chi connectivity index (χ2v) is 3.84. The number of hydrogen-bond donors (Lipinski definition) is 1. The Morgan fingerprint density at radius 1 is 1.37 bits per heavy atom. The molecule has 0 bridgehead atoms. The highest BCUT2D eigenvalue weighted by Gasteiger charge is 2.09. The molecule has 5 nitrogen and oxygen atoms in total. The second kappa shape index (κ2) is 8.58. The molecule has 1 aromatic rings. The van der Waals surface area contributed by atoms with Crippen LogP contribution < -0.4 is 4.74 Å². The number of aldehydes is 1. The van der Waals surface area contributed by atoms with Gasteiger partial charge in [-0.15, -0.1) is 0 Å². The lowest BCUT2D eigenvalue weighted by atomic mass is 10.2. The van der Waals surface area contributed by atoms with Gasteiger partial charge in [-0.05, 0) is 18.2 Å². The predicted molar refractivity (Wildman–Crippen MR) is 66.0 cm³/mol. The first-order valence-corrected chi connectivity index (χ1v) is 5.79. The van der Waals surface area contributed by atoms with Crippen molar-refractivity contribution in [2.45, 2.75) is 6.10 Å². The van der Waals surface area contributed by atoms with Crippen LogP contribution >= 0.6 is 0 Å². The molecular formula is C13H17FO5. The molecule has 1 N–H and O–H groups in total. The van der Waals surface area contributed by atoms with Gasteiger partial charge in [0.2, 0.25) is 0 Å². The van der Waals surface area contributed by atoms with Gasteiger partial charge in [0.25, 0.3) is 0 Å². The van der Waals surface area contributed by atoms with Crippen LogP contribution in [0.25, 0.3) is 0 Å². The summed E-state index contributed by atoms with van der Waals surface area (Å²) in [6, 6.07) is 3.86. The number of ether oxygens (including phenoxy) is 3. The number of benzene rings is 1. The lowest BCUT2D eigenvalue weighted by Crippen LogP contribution is -2.24. The van der Waals surface area contributed by atoms with E-state index in [0.717, 1.165) is 6.07 Å². The fraction of sp³-hybridized carbons (Fsp3) is 0.462. The van der Waals surface area contributed by atoms with Crippen molar-refractivity contribution in [3.63, 3.8) is 0 Å². The summed E-state index contributed by atoms with van der Waals surface area (Å²) in [4.78, 5) is 10.4. The Kier molecular flexibility index (Phi) is 7.02. The van der Waals surface area contributed by atoms with Crippen LogP contribution in [0.5, 0.6) is 5.75 Å². The molecule has 0 amide bonds. The summed E-state index contributed by atoms with van der Waals surface area (Å²) in [5, 5.41) is 9.53. The van der Waals surface area contributed by atoms with Crippen molar-refractivity contribution in [1.29, 1.82) is 0 Å². The van der Waals surface area contributed by atoms with E-state index in [0.29, 0.717) is 19.5 Å². The summed E-state index contributed by atoms with van der Waals surface area (Å²) >= 11 is 0. The molecule has 0 fully saturated rings. The number of halogens is 1. The Hall–Kier alpha value is -1.50. The first kappa shape index (κ1) is 15.6. The summed E-state index contributed by atoms with van der Waals surface area (Å²) in [5.41, 5.74) is 0.230. The Labute approximate surface area is 110 Å². The van der Waals surface area contributed by atoms with E-state index in [9.17, 15) is 14.3 Å². The zero-order valence-electron chi connectivity index (χ0n) is 10.7. The molecule has 1 unspecified atom stereocenters. The molecule has 1 aromatic carbocycles. The largest absolute Gasteiger partial charge is 0.488 e. The molecule has 0 spiro atoms. The molecule has 1 atom stereocenters. The molecule has 19 heavy (non-hydrogen) atoms. The Morgan fingerprint density at radius 2 is 2.16 bits per heavy atom. The average molecular weight is 272 g/mol. The van der Waals surface area contributed by atoms with Crippen molar-refractivity contribution in [1.82, 2.24) is 0 Å². The molecule has 0 radical (unpaired) electrons. The third kappa shape index (κ3) is 5.78. The summed E-state index contributed by atoms with van der Waals surface area (Å²) < 4.78 is 28.4. The molecule has 0 aliphatic heterocycles. The van der Waals surface area contributed by atoms with Gasteiger partial charge in [0.15, 0.2) is 11.6 Å².